The van der Waals surface area contributed by atoms with Crippen LogP contribution >= 0.6 is 0 Å². The van der Waals surface area contributed by atoms with Crippen LogP contribution < -0.4 is 22.5 Å². The quantitative estimate of drug-likeness (QED) is 0.0292. The van der Waals surface area contributed by atoms with Gasteiger partial charge in [0, 0.05) is 48.9 Å². The van der Waals surface area contributed by atoms with Gasteiger partial charge in [0.25, 0.3) is 0 Å². The zero-order valence-electron chi connectivity index (χ0n) is 35.6. The van der Waals surface area contributed by atoms with Crippen molar-refractivity contribution < 1.29 is 19.2 Å². The summed E-state index contributed by atoms with van der Waals surface area (Å²) < 4.78 is 0. The van der Waals surface area contributed by atoms with Crippen LogP contribution in [0.1, 0.15) is 162 Å². The minimum atomic E-state index is -0.949. The first-order chi connectivity index (χ1) is 26.7. The van der Waals surface area contributed by atoms with Gasteiger partial charge in [0.2, 0.25) is 17.7 Å². The number of fused-ring (bicyclic) bond motifs is 1. The van der Waals surface area contributed by atoms with Crippen LogP contribution in [-0.4, -0.2) is 65.0 Å². The molecule has 1 heterocycles. The van der Waals surface area contributed by atoms with E-state index in [1.807, 2.05) is 30.5 Å². The number of aromatic nitrogens is 1. The summed E-state index contributed by atoms with van der Waals surface area (Å²) >= 11 is 0. The Morgan fingerprint density at radius 2 is 1.45 bits per heavy atom. The summed E-state index contributed by atoms with van der Waals surface area (Å²) in [6.45, 7) is 11.3. The number of nitrogens with two attached hydrogens (primary N) is 3. The maximum atomic E-state index is 14.2. The molecule has 0 aliphatic heterocycles. The van der Waals surface area contributed by atoms with Crippen molar-refractivity contribution in [3.8, 4) is 0 Å². The highest BCUT2D eigenvalue weighted by atomic mass is 16.2. The number of aromatic amines is 1. The number of guanidine groups is 1. The van der Waals surface area contributed by atoms with Crippen molar-refractivity contribution in [2.24, 2.45) is 39.4 Å². The van der Waals surface area contributed by atoms with Crippen LogP contribution in [-0.2, 0) is 25.6 Å². The van der Waals surface area contributed by atoms with E-state index in [2.05, 4.69) is 49.9 Å². The summed E-state index contributed by atoms with van der Waals surface area (Å²) in [4.78, 5) is 62.9. The average molecular weight is 780 g/mol. The molecular weight excluding hydrogens is 703 g/mol. The number of Topliss-reactive ketones (excluding diaryl/α,β-unsaturated/α-hetero) is 1. The van der Waals surface area contributed by atoms with Gasteiger partial charge in [-0.3, -0.25) is 24.2 Å². The van der Waals surface area contributed by atoms with Crippen LogP contribution in [0.25, 0.3) is 10.9 Å². The van der Waals surface area contributed by atoms with Crippen molar-refractivity contribution in [2.45, 2.75) is 169 Å². The van der Waals surface area contributed by atoms with Crippen molar-refractivity contribution in [1.82, 2.24) is 15.2 Å². The van der Waals surface area contributed by atoms with E-state index in [4.69, 9.17) is 17.2 Å². The zero-order chi connectivity index (χ0) is 41.3. The van der Waals surface area contributed by atoms with Crippen LogP contribution in [0.3, 0.4) is 0 Å². The Kier molecular flexibility index (Phi) is 23.2. The molecule has 0 aliphatic carbocycles. The van der Waals surface area contributed by atoms with Crippen LogP contribution in [0.4, 0.5) is 0 Å². The zero-order valence-corrected chi connectivity index (χ0v) is 35.6. The SMILES string of the molecule is CCCCCCCCCCCCCCCC(=O)C[C@H](Cc1c[nH]c2ccccc12)C(=O)N[C@@H](CCCN=C(N)N)C(=O)N(CCC(C)CC(C)(C)C)CC(N)=O. The third kappa shape index (κ3) is 20.9. The fraction of sp³-hybridized carbons (Fsp3) is 0.711. The van der Waals surface area contributed by atoms with Gasteiger partial charge in [-0.1, -0.05) is 130 Å². The maximum absolute atomic E-state index is 14.2. The van der Waals surface area contributed by atoms with Gasteiger partial charge in [-0.05, 0) is 61.5 Å². The van der Waals surface area contributed by atoms with Crippen LogP contribution in [0.5, 0.6) is 0 Å². The molecule has 1 aromatic heterocycles. The van der Waals surface area contributed by atoms with Gasteiger partial charge in [0.1, 0.15) is 11.8 Å². The number of carbonyl (C=O) groups excluding carboxylic acids is 4. The van der Waals surface area contributed by atoms with E-state index in [0.29, 0.717) is 38.1 Å². The molecule has 56 heavy (non-hydrogen) atoms. The Labute approximate surface area is 338 Å². The van der Waals surface area contributed by atoms with Gasteiger partial charge in [0.15, 0.2) is 5.96 Å². The molecule has 8 N–H and O–H groups in total. The number of hydrogen-bond donors (Lipinski definition) is 5. The molecule has 0 radical (unpaired) electrons. The molecule has 0 bridgehead atoms. The van der Waals surface area contributed by atoms with E-state index in [1.54, 1.807) is 0 Å². The maximum Gasteiger partial charge on any atom is 0.245 e. The number of aliphatic imine (C=N–C) groups is 1. The molecule has 2 rings (SSSR count). The number of rotatable bonds is 31. The Morgan fingerprint density at radius 1 is 0.839 bits per heavy atom. The molecule has 3 atom stereocenters. The van der Waals surface area contributed by atoms with E-state index in [-0.39, 0.29) is 54.9 Å². The molecule has 11 heteroatoms. The van der Waals surface area contributed by atoms with E-state index >= 15 is 0 Å². The predicted octanol–water partition coefficient (Wildman–Crippen LogP) is 8.08. The molecule has 1 unspecified atom stereocenters. The third-order valence-corrected chi connectivity index (χ3v) is 10.6. The summed E-state index contributed by atoms with van der Waals surface area (Å²) in [6.07, 6.45) is 21.0. The number of hydrogen-bond acceptors (Lipinski definition) is 5. The smallest absolute Gasteiger partial charge is 0.245 e. The fourth-order valence-electron chi connectivity index (χ4n) is 7.79. The number of primary amides is 1. The lowest BCUT2D eigenvalue weighted by atomic mass is 9.84. The first-order valence-corrected chi connectivity index (χ1v) is 21.7. The lowest BCUT2D eigenvalue weighted by molar-refractivity contribution is -0.140. The van der Waals surface area contributed by atoms with Crippen LogP contribution in [0, 0.1) is 17.3 Å². The second-order valence-corrected chi connectivity index (χ2v) is 17.4. The highest BCUT2D eigenvalue weighted by Crippen LogP contribution is 2.27. The molecule has 0 aliphatic rings. The monoisotopic (exact) mass is 780 g/mol. The van der Waals surface area contributed by atoms with Crippen molar-refractivity contribution in [2.75, 3.05) is 19.6 Å². The number of amides is 3. The summed E-state index contributed by atoms with van der Waals surface area (Å²) in [5.74, 6) is -1.76. The van der Waals surface area contributed by atoms with Gasteiger partial charge in [0.05, 0.1) is 6.54 Å². The summed E-state index contributed by atoms with van der Waals surface area (Å²) in [6, 6.07) is 6.94. The molecule has 0 saturated carbocycles. The molecule has 0 saturated heterocycles. The van der Waals surface area contributed by atoms with Gasteiger partial charge in [-0.15, -0.1) is 0 Å². The van der Waals surface area contributed by atoms with Crippen LogP contribution in [0.2, 0.25) is 0 Å². The number of para-hydroxylation sites is 1. The van der Waals surface area contributed by atoms with E-state index < -0.39 is 17.9 Å². The standard InChI is InChI=1S/C45H77N7O4/c1-6-7-8-9-10-11-12-13-14-15-16-17-18-22-37(53)30-35(29-36-32-50-39-24-20-19-23-38(36)39)42(55)51-40(25-21-27-49-44(47)48)43(56)52(33-41(46)54)28-26-34(2)31-45(3,4)5/h19-20,23-24,32,34-35,40,50H,6-18,21-22,25-31,33H2,1-5H3,(H2,46,54)(H,51,55)(H4,47,48,49)/t34?,35-,40-/m0/s1. The van der Waals surface area contributed by atoms with Gasteiger partial charge < -0.3 is 32.4 Å². The van der Waals surface area contributed by atoms with Gasteiger partial charge in [-0.2, -0.15) is 0 Å². The van der Waals surface area contributed by atoms with E-state index in [1.165, 1.54) is 69.1 Å². The number of nitrogens with zero attached hydrogens (tertiary/aromatic N) is 2. The Balaban J connectivity index is 2.13. The molecule has 316 valence electrons. The summed E-state index contributed by atoms with van der Waals surface area (Å²) in [5, 5.41) is 4.01. The Bertz CT molecular complexity index is 1480. The third-order valence-electron chi connectivity index (χ3n) is 10.6. The lowest BCUT2D eigenvalue weighted by Crippen LogP contribution is -2.52. The number of unbranched alkanes of at least 4 members (excludes halogenated alkanes) is 12. The second-order valence-electron chi connectivity index (χ2n) is 17.4. The van der Waals surface area contributed by atoms with Crippen molar-refractivity contribution >= 4 is 40.4 Å². The number of carbonyl (C=O) groups is 4. The largest absolute Gasteiger partial charge is 0.370 e. The number of H-pyrrole nitrogens is 1. The minimum Gasteiger partial charge on any atom is -0.370 e. The molecule has 0 fully saturated rings. The average Bonchev–Trinajstić information content (AvgIpc) is 3.54. The predicted molar refractivity (Wildman–Crippen MR) is 231 cm³/mol. The number of nitrogens with one attached hydrogen (secondary N) is 2. The molecule has 3 amide bonds. The van der Waals surface area contributed by atoms with E-state index in [0.717, 1.165) is 42.1 Å². The molecule has 2 aromatic rings. The van der Waals surface area contributed by atoms with Crippen molar-refractivity contribution in [1.29, 1.82) is 0 Å². The number of benzene rings is 1. The van der Waals surface area contributed by atoms with Gasteiger partial charge >= 0.3 is 0 Å². The highest BCUT2D eigenvalue weighted by Gasteiger charge is 2.31. The lowest BCUT2D eigenvalue weighted by Gasteiger charge is -2.30. The topological polar surface area (TPSA) is 190 Å². The van der Waals surface area contributed by atoms with Crippen LogP contribution in [0.15, 0.2) is 35.5 Å². The van der Waals surface area contributed by atoms with E-state index in [9.17, 15) is 19.2 Å². The first-order valence-electron chi connectivity index (χ1n) is 21.7. The minimum absolute atomic E-state index is 0.0480. The molecule has 11 nitrogen and oxygen atoms in total. The summed E-state index contributed by atoms with van der Waals surface area (Å²) in [5.41, 5.74) is 18.7. The van der Waals surface area contributed by atoms with Crippen molar-refractivity contribution in [3.63, 3.8) is 0 Å². The fourth-order valence-corrected chi connectivity index (χ4v) is 7.79. The Hall–Kier alpha value is -3.89. The molecule has 1 aromatic carbocycles. The number of ketones is 1. The van der Waals surface area contributed by atoms with Gasteiger partial charge in [-0.25, -0.2) is 0 Å². The Morgan fingerprint density at radius 3 is 2.04 bits per heavy atom. The highest BCUT2D eigenvalue weighted by molar-refractivity contribution is 5.93. The summed E-state index contributed by atoms with van der Waals surface area (Å²) in [7, 11) is 0. The molecular formula is C45H77N7O4. The normalized spacial score (nSPS) is 13.2. The molecule has 0 spiro atoms. The first kappa shape index (κ1) is 48.3. The van der Waals surface area contributed by atoms with Crippen molar-refractivity contribution in [3.05, 3.63) is 36.0 Å². The second kappa shape index (κ2) is 26.9.